The molecule has 0 aromatic carbocycles. The zero-order valence-corrected chi connectivity index (χ0v) is 10.3. The number of rotatable bonds is 3. The molecule has 7 heteroatoms. The summed E-state index contributed by atoms with van der Waals surface area (Å²) in [5.41, 5.74) is 0. The van der Waals surface area contributed by atoms with E-state index in [0.29, 0.717) is 27.1 Å². The molecule has 0 saturated carbocycles. The van der Waals surface area contributed by atoms with Gasteiger partial charge in [-0.15, -0.1) is 10.2 Å². The Morgan fingerprint density at radius 3 is 2.81 bits per heavy atom. The Balaban J connectivity index is 2.24. The molecule has 2 rings (SSSR count). The molecule has 0 radical (unpaired) electrons. The van der Waals surface area contributed by atoms with Gasteiger partial charge in [-0.05, 0) is 11.8 Å². The van der Waals surface area contributed by atoms with Gasteiger partial charge in [-0.3, -0.25) is 0 Å². The first-order valence-corrected chi connectivity index (χ1v) is 5.88. The van der Waals surface area contributed by atoms with Crippen molar-refractivity contribution in [2.75, 3.05) is 0 Å². The minimum atomic E-state index is 0.422. The Morgan fingerprint density at radius 1 is 1.38 bits per heavy atom. The minimum Gasteiger partial charge on any atom is -0.416 e. The summed E-state index contributed by atoms with van der Waals surface area (Å²) in [5.74, 6) is 1.23. The van der Waals surface area contributed by atoms with Crippen LogP contribution >= 0.6 is 23.4 Å². The normalized spacial score (nSPS) is 10.7. The quantitative estimate of drug-likeness (QED) is 0.787. The lowest BCUT2D eigenvalue weighted by atomic mass is 10.4. The maximum absolute atomic E-state index is 5.87. The van der Waals surface area contributed by atoms with Crippen LogP contribution in [0.5, 0.6) is 0 Å². The molecule has 16 heavy (non-hydrogen) atoms. The third kappa shape index (κ3) is 2.70. The maximum atomic E-state index is 5.87. The van der Waals surface area contributed by atoms with Crippen LogP contribution in [-0.4, -0.2) is 20.2 Å². The molecule has 0 bridgehead atoms. The molecule has 0 amide bonds. The van der Waals surface area contributed by atoms with Crippen LogP contribution in [0.3, 0.4) is 0 Å². The van der Waals surface area contributed by atoms with E-state index in [9.17, 15) is 0 Å². The van der Waals surface area contributed by atoms with Crippen molar-refractivity contribution < 1.29 is 4.42 Å². The third-order valence-corrected chi connectivity index (χ3v) is 2.68. The molecule has 2 heterocycles. The second kappa shape index (κ2) is 4.80. The Hall–Kier alpha value is -1.14. The summed E-state index contributed by atoms with van der Waals surface area (Å²) in [6, 6.07) is 1.67. The highest BCUT2D eigenvalue weighted by Crippen LogP contribution is 2.26. The van der Waals surface area contributed by atoms with Gasteiger partial charge < -0.3 is 4.42 Å². The van der Waals surface area contributed by atoms with E-state index in [2.05, 4.69) is 20.2 Å². The van der Waals surface area contributed by atoms with Gasteiger partial charge in [-0.1, -0.05) is 18.5 Å². The first-order valence-electron chi connectivity index (χ1n) is 4.69. The molecule has 0 aliphatic carbocycles. The Morgan fingerprint density at radius 2 is 2.19 bits per heavy atom. The summed E-state index contributed by atoms with van der Waals surface area (Å²) in [6.45, 7) is 3.71. The van der Waals surface area contributed by atoms with Crippen LogP contribution in [0.4, 0.5) is 0 Å². The Labute approximate surface area is 102 Å². The summed E-state index contributed by atoms with van der Waals surface area (Å²) < 4.78 is 5.24. The van der Waals surface area contributed by atoms with Crippen molar-refractivity contribution in [2.24, 2.45) is 0 Å². The van der Waals surface area contributed by atoms with Gasteiger partial charge in [-0.25, -0.2) is 9.97 Å². The molecule has 0 fully saturated rings. The molecule has 2 aromatic heterocycles. The predicted molar refractivity (Wildman–Crippen MR) is 59.6 cm³/mol. The summed E-state index contributed by atoms with van der Waals surface area (Å²) >= 11 is 7.15. The van der Waals surface area contributed by atoms with Gasteiger partial charge in [0, 0.05) is 19.4 Å². The fourth-order valence-corrected chi connectivity index (χ4v) is 2.07. The number of hydrogen-bond donors (Lipinski definition) is 0. The smallest absolute Gasteiger partial charge is 0.282 e. The Bertz CT molecular complexity index is 502. The monoisotopic (exact) mass is 256 g/mol. The number of halogens is 1. The molecule has 84 valence electrons. The van der Waals surface area contributed by atoms with Crippen LogP contribution < -0.4 is 0 Å². The van der Waals surface area contributed by atoms with Crippen molar-refractivity contribution in [1.29, 1.82) is 0 Å². The maximum Gasteiger partial charge on any atom is 0.282 e. The fraction of sp³-hybridized carbons (Fsp3) is 0.333. The zero-order chi connectivity index (χ0) is 11.5. The number of hydrogen-bond acceptors (Lipinski definition) is 6. The molecule has 0 aliphatic heterocycles. The van der Waals surface area contributed by atoms with E-state index in [4.69, 9.17) is 16.0 Å². The van der Waals surface area contributed by atoms with Crippen molar-refractivity contribution in [2.45, 2.75) is 30.5 Å². The standard InChI is InChI=1S/C9H9ClN4OS/c1-3-7-11-6(10)4-8(12-7)16-9-14-13-5(2)15-9/h4H,3H2,1-2H3. The minimum absolute atomic E-state index is 0.422. The van der Waals surface area contributed by atoms with Gasteiger partial charge in [0.1, 0.15) is 16.0 Å². The highest BCUT2D eigenvalue weighted by Gasteiger charge is 2.08. The van der Waals surface area contributed by atoms with Crippen molar-refractivity contribution in [1.82, 2.24) is 20.2 Å². The van der Waals surface area contributed by atoms with E-state index >= 15 is 0 Å². The second-order valence-corrected chi connectivity index (χ2v) is 4.35. The van der Waals surface area contributed by atoms with Gasteiger partial charge in [0.2, 0.25) is 5.89 Å². The lowest BCUT2D eigenvalue weighted by Crippen LogP contribution is -1.94. The SMILES string of the molecule is CCc1nc(Cl)cc(Sc2nnc(C)o2)n1. The molecular formula is C9H9ClN4OS. The Kier molecular flexibility index (Phi) is 3.40. The van der Waals surface area contributed by atoms with E-state index in [1.165, 1.54) is 11.8 Å². The average Bonchev–Trinajstić information content (AvgIpc) is 2.63. The second-order valence-electron chi connectivity index (χ2n) is 2.99. The van der Waals surface area contributed by atoms with Gasteiger partial charge >= 0.3 is 0 Å². The average molecular weight is 257 g/mol. The van der Waals surface area contributed by atoms with Crippen molar-refractivity contribution in [3.63, 3.8) is 0 Å². The van der Waals surface area contributed by atoms with Crippen LogP contribution in [-0.2, 0) is 6.42 Å². The van der Waals surface area contributed by atoms with E-state index < -0.39 is 0 Å². The van der Waals surface area contributed by atoms with E-state index in [-0.39, 0.29) is 0 Å². The fourth-order valence-electron chi connectivity index (χ4n) is 1.06. The number of aryl methyl sites for hydroxylation is 2. The van der Waals surface area contributed by atoms with Crippen molar-refractivity contribution >= 4 is 23.4 Å². The van der Waals surface area contributed by atoms with Crippen LogP contribution in [0.1, 0.15) is 18.6 Å². The van der Waals surface area contributed by atoms with Crippen molar-refractivity contribution in [3.05, 3.63) is 22.9 Å². The molecule has 0 N–H and O–H groups in total. The lowest BCUT2D eigenvalue weighted by Gasteiger charge is -2.00. The first kappa shape index (κ1) is 11.3. The zero-order valence-electron chi connectivity index (χ0n) is 8.77. The van der Waals surface area contributed by atoms with Crippen LogP contribution in [0.15, 0.2) is 20.7 Å². The van der Waals surface area contributed by atoms with Gasteiger partial charge in [0.05, 0.1) is 0 Å². The molecule has 0 aliphatic rings. The summed E-state index contributed by atoms with van der Waals surface area (Å²) in [4.78, 5) is 8.37. The summed E-state index contributed by atoms with van der Waals surface area (Å²) in [6.07, 6.45) is 0.733. The van der Waals surface area contributed by atoms with Crippen LogP contribution in [0.2, 0.25) is 5.15 Å². The largest absolute Gasteiger partial charge is 0.416 e. The van der Waals surface area contributed by atoms with Gasteiger partial charge in [0.25, 0.3) is 5.22 Å². The molecule has 0 atom stereocenters. The van der Waals surface area contributed by atoms with E-state index in [1.54, 1.807) is 13.0 Å². The third-order valence-electron chi connectivity index (χ3n) is 1.73. The summed E-state index contributed by atoms with van der Waals surface area (Å²) in [7, 11) is 0. The molecule has 5 nitrogen and oxygen atoms in total. The topological polar surface area (TPSA) is 64.7 Å². The highest BCUT2D eigenvalue weighted by atomic mass is 35.5. The van der Waals surface area contributed by atoms with Crippen LogP contribution in [0, 0.1) is 6.92 Å². The van der Waals surface area contributed by atoms with E-state index in [0.717, 1.165) is 6.42 Å². The molecule has 0 saturated heterocycles. The molecule has 0 unspecified atom stereocenters. The van der Waals surface area contributed by atoms with Crippen LogP contribution in [0.25, 0.3) is 0 Å². The lowest BCUT2D eigenvalue weighted by molar-refractivity contribution is 0.429. The first-order chi connectivity index (χ1) is 7.67. The molecule has 0 spiro atoms. The van der Waals surface area contributed by atoms with Gasteiger partial charge in [-0.2, -0.15) is 0 Å². The number of aromatic nitrogens is 4. The summed E-state index contributed by atoms with van der Waals surface area (Å²) in [5, 5.41) is 9.19. The highest BCUT2D eigenvalue weighted by molar-refractivity contribution is 7.99. The predicted octanol–water partition coefficient (Wildman–Crippen LogP) is 2.54. The van der Waals surface area contributed by atoms with Crippen molar-refractivity contribution in [3.8, 4) is 0 Å². The van der Waals surface area contributed by atoms with E-state index in [1.807, 2.05) is 6.92 Å². The van der Waals surface area contributed by atoms with Gasteiger partial charge in [0.15, 0.2) is 0 Å². The molecule has 2 aromatic rings. The molecular weight excluding hydrogens is 248 g/mol. The number of nitrogens with zero attached hydrogens (tertiary/aromatic N) is 4.